The predicted molar refractivity (Wildman–Crippen MR) is 213 cm³/mol. The summed E-state index contributed by atoms with van der Waals surface area (Å²) in [5.41, 5.74) is 1.73. The third-order valence-corrected chi connectivity index (χ3v) is 13.0. The fraction of sp³-hybridized carbons (Fsp3) is 0.818. The molecule has 0 aromatic heterocycles. The zero-order valence-electron chi connectivity index (χ0n) is 35.8. The molecule has 0 aromatic carbocycles. The lowest BCUT2D eigenvalue weighted by Crippen LogP contribution is -2.64. The lowest BCUT2D eigenvalue weighted by Gasteiger charge is -2.47. The summed E-state index contributed by atoms with van der Waals surface area (Å²) in [7, 11) is 4.67. The molecule has 0 radical (unpaired) electrons. The number of piperidine rings is 1. The van der Waals surface area contributed by atoms with Crippen LogP contribution in [0.15, 0.2) is 23.3 Å². The van der Waals surface area contributed by atoms with Crippen LogP contribution < -0.4 is 0 Å². The van der Waals surface area contributed by atoms with E-state index in [1.807, 2.05) is 33.8 Å². The normalized spacial score (nSPS) is 41.1. The van der Waals surface area contributed by atoms with Crippen LogP contribution in [0, 0.1) is 29.6 Å². The number of carbonyl (C=O) groups excluding carboxylic acids is 4. The van der Waals surface area contributed by atoms with E-state index in [9.17, 15) is 34.5 Å². The number of hydrogen-bond acceptors (Lipinski definition) is 12. The molecule has 324 valence electrons. The highest BCUT2D eigenvalue weighted by molar-refractivity contribution is 6.38. The number of hydrogen-bond donors (Lipinski definition) is 3. The minimum absolute atomic E-state index is 0.0151. The Morgan fingerprint density at radius 1 is 0.912 bits per heavy atom. The Bertz CT molecular complexity index is 1450. The molecule has 57 heavy (non-hydrogen) atoms. The first-order valence-corrected chi connectivity index (χ1v) is 21.1. The first-order chi connectivity index (χ1) is 26.9. The molecule has 13 nitrogen and oxygen atoms in total. The fourth-order valence-electron chi connectivity index (χ4n) is 9.64. The van der Waals surface area contributed by atoms with E-state index in [0.29, 0.717) is 45.1 Å². The number of aliphatic hydroxyl groups excluding tert-OH is 2. The Morgan fingerprint density at radius 2 is 1.58 bits per heavy atom. The molecule has 13 heteroatoms. The van der Waals surface area contributed by atoms with Gasteiger partial charge in [0, 0.05) is 58.5 Å². The van der Waals surface area contributed by atoms with Crippen LogP contribution >= 0.6 is 0 Å². The van der Waals surface area contributed by atoms with Crippen molar-refractivity contribution in [3.05, 3.63) is 23.3 Å². The van der Waals surface area contributed by atoms with Crippen LogP contribution in [0.1, 0.15) is 112 Å². The van der Waals surface area contributed by atoms with E-state index in [4.69, 9.17) is 23.7 Å². The second-order valence-electron chi connectivity index (χ2n) is 17.7. The van der Waals surface area contributed by atoms with Gasteiger partial charge in [0.05, 0.1) is 49.3 Å². The molecule has 14 atom stereocenters. The number of methoxy groups -OCH3 is 3. The highest BCUT2D eigenvalue weighted by Gasteiger charge is 2.56. The van der Waals surface area contributed by atoms with Gasteiger partial charge in [0.25, 0.3) is 11.7 Å². The third kappa shape index (κ3) is 11.9. The molecule has 3 aliphatic heterocycles. The van der Waals surface area contributed by atoms with Gasteiger partial charge in [-0.3, -0.25) is 19.2 Å². The van der Waals surface area contributed by atoms with Gasteiger partial charge in [0.1, 0.15) is 17.7 Å². The van der Waals surface area contributed by atoms with Crippen molar-refractivity contribution < 1.29 is 58.2 Å². The zero-order valence-corrected chi connectivity index (χ0v) is 35.8. The summed E-state index contributed by atoms with van der Waals surface area (Å²) < 4.78 is 30.3. The number of allylic oxidation sites excluding steroid dienone is 3. The second-order valence-corrected chi connectivity index (χ2v) is 17.7. The van der Waals surface area contributed by atoms with Crippen LogP contribution in [-0.2, 0) is 42.9 Å². The number of nitrogens with zero attached hydrogens (tertiary/aromatic N) is 1. The van der Waals surface area contributed by atoms with Gasteiger partial charge < -0.3 is 43.9 Å². The van der Waals surface area contributed by atoms with Gasteiger partial charge in [0.15, 0.2) is 0 Å². The number of amides is 1. The lowest BCUT2D eigenvalue weighted by atomic mass is 9.81. The third-order valence-electron chi connectivity index (χ3n) is 13.0. The Balaban J connectivity index is 1.75. The lowest BCUT2D eigenvalue weighted by molar-refractivity contribution is -0.302. The molecule has 3 fully saturated rings. The van der Waals surface area contributed by atoms with Crippen molar-refractivity contribution in [2.75, 3.05) is 34.5 Å². The van der Waals surface area contributed by atoms with Crippen molar-refractivity contribution in [2.24, 2.45) is 29.6 Å². The summed E-state index contributed by atoms with van der Waals surface area (Å²) >= 11 is 0. The van der Waals surface area contributed by atoms with Gasteiger partial charge in [-0.05, 0) is 96.0 Å². The highest BCUT2D eigenvalue weighted by Crippen LogP contribution is 2.39. The molecule has 1 aliphatic carbocycles. The molecule has 0 aromatic rings. The SMILES string of the molecule is COC1CC(/C=C(\C)C2OCC3CCCCN3C(=O)C(=O)C3(O)OC(C(OC)CC(C)C/C(C)=C/C(CC(C)=O)C(=O)CC(O)C2C)C(OC)CC3C)CCC1O. The maximum absolute atomic E-state index is 14.2. The van der Waals surface area contributed by atoms with Crippen LogP contribution in [0.2, 0.25) is 0 Å². The molecule has 1 amide bonds. The largest absolute Gasteiger partial charge is 0.392 e. The van der Waals surface area contributed by atoms with E-state index in [2.05, 4.69) is 6.08 Å². The summed E-state index contributed by atoms with van der Waals surface area (Å²) in [4.78, 5) is 56.3. The summed E-state index contributed by atoms with van der Waals surface area (Å²) in [5.74, 6) is -6.65. The Morgan fingerprint density at radius 3 is 2.23 bits per heavy atom. The van der Waals surface area contributed by atoms with Gasteiger partial charge in [-0.15, -0.1) is 0 Å². The number of Topliss-reactive ketones (excluding diaryl/α,β-unsaturated/α-hetero) is 3. The minimum atomic E-state index is -2.41. The number of aliphatic hydroxyl groups is 3. The van der Waals surface area contributed by atoms with E-state index in [1.165, 1.54) is 18.9 Å². The molecule has 3 heterocycles. The van der Waals surface area contributed by atoms with E-state index >= 15 is 0 Å². The van der Waals surface area contributed by atoms with Gasteiger partial charge in [-0.2, -0.15) is 0 Å². The van der Waals surface area contributed by atoms with Crippen LogP contribution in [0.25, 0.3) is 0 Å². The number of rotatable bonds is 7. The fourth-order valence-corrected chi connectivity index (χ4v) is 9.64. The maximum atomic E-state index is 14.2. The average Bonchev–Trinajstić information content (AvgIpc) is 3.17. The summed E-state index contributed by atoms with van der Waals surface area (Å²) in [6.07, 6.45) is 4.36. The highest BCUT2D eigenvalue weighted by atomic mass is 16.7. The Labute approximate surface area is 339 Å². The monoisotopic (exact) mass is 805 g/mol. The number of carbonyl (C=O) groups is 4. The van der Waals surface area contributed by atoms with E-state index in [0.717, 1.165) is 24.0 Å². The molecule has 0 spiro atoms. The standard InChI is InChI=1S/C44H71NO12/c1-25-16-26(2)18-38(54-8)41-39(55-9)20-28(4)44(52,57-41)42(50)43(51)45-15-11-10-12-33(45)24-56-40(27(3)19-31-13-14-34(47)37(22-31)53-7)30(6)35(48)23-36(49)32(17-25)21-29(5)46/h17,19,26,28,30-35,37-41,47-48,52H,10-16,18,20-24H2,1-9H3/b25-17+,27-19+. The molecule has 14 unspecified atom stereocenters. The minimum Gasteiger partial charge on any atom is -0.392 e. The Kier molecular flexibility index (Phi) is 17.6. The molecule has 1 saturated carbocycles. The molecular weight excluding hydrogens is 734 g/mol. The van der Waals surface area contributed by atoms with E-state index in [1.54, 1.807) is 21.1 Å². The van der Waals surface area contributed by atoms with Crippen molar-refractivity contribution in [2.45, 2.75) is 167 Å². The molecular formula is C44H71NO12. The van der Waals surface area contributed by atoms with Crippen LogP contribution in [0.5, 0.6) is 0 Å². The van der Waals surface area contributed by atoms with E-state index < -0.39 is 77.9 Å². The first-order valence-electron chi connectivity index (χ1n) is 21.1. The van der Waals surface area contributed by atoms with Crippen molar-refractivity contribution in [1.29, 1.82) is 0 Å². The zero-order chi connectivity index (χ0) is 42.2. The van der Waals surface area contributed by atoms with Crippen LogP contribution in [0.4, 0.5) is 0 Å². The predicted octanol–water partition coefficient (Wildman–Crippen LogP) is 4.52. The molecule has 3 N–H and O–H groups in total. The van der Waals surface area contributed by atoms with Gasteiger partial charge >= 0.3 is 0 Å². The smallest absolute Gasteiger partial charge is 0.296 e. The van der Waals surface area contributed by atoms with Crippen molar-refractivity contribution in [3.8, 4) is 0 Å². The van der Waals surface area contributed by atoms with Crippen LogP contribution in [-0.4, -0.2) is 133 Å². The molecule has 4 aliphatic rings. The first kappa shape index (κ1) is 47.3. The summed E-state index contributed by atoms with van der Waals surface area (Å²) in [5, 5.41) is 34.2. The van der Waals surface area contributed by atoms with Crippen molar-refractivity contribution >= 4 is 23.3 Å². The quantitative estimate of drug-likeness (QED) is 0.243. The number of ketones is 3. The number of fused-ring (bicyclic) bond motifs is 3. The molecule has 4 rings (SSSR count). The topological polar surface area (TPSA) is 178 Å². The van der Waals surface area contributed by atoms with Crippen LogP contribution in [0.3, 0.4) is 0 Å². The average molecular weight is 806 g/mol. The van der Waals surface area contributed by atoms with Gasteiger partial charge in [-0.25, -0.2) is 0 Å². The van der Waals surface area contributed by atoms with Gasteiger partial charge in [0.2, 0.25) is 5.79 Å². The summed E-state index contributed by atoms with van der Waals surface area (Å²) in [6.45, 7) is 11.2. The van der Waals surface area contributed by atoms with E-state index in [-0.39, 0.29) is 55.4 Å². The van der Waals surface area contributed by atoms with Crippen molar-refractivity contribution in [1.82, 2.24) is 4.90 Å². The maximum Gasteiger partial charge on any atom is 0.296 e. The summed E-state index contributed by atoms with van der Waals surface area (Å²) in [6, 6.07) is -0.501. The molecule has 2 saturated heterocycles. The van der Waals surface area contributed by atoms with Gasteiger partial charge in [-0.1, -0.05) is 38.5 Å². The second kappa shape index (κ2) is 21.2. The van der Waals surface area contributed by atoms with Crippen molar-refractivity contribution in [3.63, 3.8) is 0 Å². The Hall–Kier alpha value is -2.36. The molecule has 2 bridgehead atoms. The number of ether oxygens (including phenoxy) is 5.